The van der Waals surface area contributed by atoms with Crippen LogP contribution >= 0.6 is 50.1 Å². The van der Waals surface area contributed by atoms with Gasteiger partial charge in [0.05, 0.1) is 9.26 Å². The molecule has 0 amide bonds. The van der Waals surface area contributed by atoms with Gasteiger partial charge in [-0.05, 0) is 47.2 Å². The Hall–Kier alpha value is -0.270. The summed E-state index contributed by atoms with van der Waals surface area (Å²) in [6.07, 6.45) is 1.79. The summed E-state index contributed by atoms with van der Waals surface area (Å²) in [5, 5.41) is 0.408. The van der Waals surface area contributed by atoms with Crippen molar-refractivity contribution in [1.29, 1.82) is 0 Å². The number of halogens is 4. The van der Waals surface area contributed by atoms with Gasteiger partial charge in [-0.3, -0.25) is 0 Å². The third kappa shape index (κ3) is 3.44. The summed E-state index contributed by atoms with van der Waals surface area (Å²) in [7, 11) is 0. The monoisotopic (exact) mass is 454 g/mol. The standard InChI is InChI=1S/C13H10BrClFIN2/c1-2-3-10-11(17)12(15)19-13(18-10)8-6-7(16)4-5-9(8)14/h4-6H,2-3H2,1H3. The Bertz CT molecular complexity index is 622. The van der Waals surface area contributed by atoms with E-state index in [1.165, 1.54) is 12.1 Å². The SMILES string of the molecule is CCCc1nc(-c2cc(F)ccc2Br)nc(Cl)c1I. The molecule has 6 heteroatoms. The minimum Gasteiger partial charge on any atom is -0.232 e. The second-order valence-electron chi connectivity index (χ2n) is 3.97. The summed E-state index contributed by atoms with van der Waals surface area (Å²) in [6, 6.07) is 4.42. The number of hydrogen-bond donors (Lipinski definition) is 0. The van der Waals surface area contributed by atoms with Crippen LogP contribution < -0.4 is 0 Å². The number of benzene rings is 1. The summed E-state index contributed by atoms with van der Waals surface area (Å²) in [5.41, 5.74) is 1.50. The van der Waals surface area contributed by atoms with E-state index in [0.29, 0.717) is 16.5 Å². The molecule has 1 aromatic heterocycles. The van der Waals surface area contributed by atoms with Crippen molar-refractivity contribution < 1.29 is 4.39 Å². The normalized spacial score (nSPS) is 10.8. The molecule has 1 heterocycles. The zero-order chi connectivity index (χ0) is 14.0. The van der Waals surface area contributed by atoms with Gasteiger partial charge in [0, 0.05) is 10.0 Å². The molecule has 0 bridgehead atoms. The van der Waals surface area contributed by atoms with Crippen LogP contribution in [0.4, 0.5) is 4.39 Å². The third-order valence-corrected chi connectivity index (χ3v) is 4.95. The van der Waals surface area contributed by atoms with Crippen molar-refractivity contribution >= 4 is 50.1 Å². The molecular weight excluding hydrogens is 445 g/mol. The number of aromatic nitrogens is 2. The first-order valence-electron chi connectivity index (χ1n) is 5.70. The van der Waals surface area contributed by atoms with Crippen LogP contribution in [0.25, 0.3) is 11.4 Å². The quantitative estimate of drug-likeness (QED) is 0.466. The highest BCUT2D eigenvalue weighted by Crippen LogP contribution is 2.29. The minimum absolute atomic E-state index is 0.325. The maximum Gasteiger partial charge on any atom is 0.162 e. The lowest BCUT2D eigenvalue weighted by atomic mass is 10.2. The van der Waals surface area contributed by atoms with Gasteiger partial charge in [-0.2, -0.15) is 0 Å². The largest absolute Gasteiger partial charge is 0.232 e. The third-order valence-electron chi connectivity index (χ3n) is 2.54. The van der Waals surface area contributed by atoms with E-state index in [1.54, 1.807) is 6.07 Å². The Balaban J connectivity index is 2.59. The van der Waals surface area contributed by atoms with Gasteiger partial charge in [0.25, 0.3) is 0 Å². The summed E-state index contributed by atoms with van der Waals surface area (Å²) in [4.78, 5) is 8.73. The van der Waals surface area contributed by atoms with Crippen LogP contribution in [0.5, 0.6) is 0 Å². The average Bonchev–Trinajstić information content (AvgIpc) is 2.38. The highest BCUT2D eigenvalue weighted by Gasteiger charge is 2.14. The van der Waals surface area contributed by atoms with Gasteiger partial charge in [-0.25, -0.2) is 14.4 Å². The van der Waals surface area contributed by atoms with Gasteiger partial charge < -0.3 is 0 Å². The molecule has 2 nitrogen and oxygen atoms in total. The molecule has 0 saturated heterocycles. The topological polar surface area (TPSA) is 25.8 Å². The molecule has 0 atom stereocenters. The van der Waals surface area contributed by atoms with Crippen molar-refractivity contribution in [3.05, 3.63) is 42.9 Å². The Morgan fingerprint density at radius 1 is 1.37 bits per heavy atom. The van der Waals surface area contributed by atoms with Gasteiger partial charge in [-0.1, -0.05) is 40.9 Å². The molecule has 0 radical (unpaired) electrons. The Morgan fingerprint density at radius 3 is 2.79 bits per heavy atom. The van der Waals surface area contributed by atoms with E-state index in [9.17, 15) is 4.39 Å². The van der Waals surface area contributed by atoms with E-state index < -0.39 is 0 Å². The predicted octanol–water partition coefficient (Wildman–Crippen LogP) is 5.26. The Morgan fingerprint density at radius 2 is 2.11 bits per heavy atom. The van der Waals surface area contributed by atoms with Crippen molar-refractivity contribution in [2.45, 2.75) is 19.8 Å². The fourth-order valence-corrected chi connectivity index (χ4v) is 2.78. The van der Waals surface area contributed by atoms with Crippen LogP contribution in [-0.4, -0.2) is 9.97 Å². The molecular formula is C13H10BrClFIN2. The molecule has 0 aliphatic carbocycles. The Kier molecular flexibility index (Phi) is 5.14. The fourth-order valence-electron chi connectivity index (χ4n) is 1.65. The van der Waals surface area contributed by atoms with Crippen LogP contribution in [0.2, 0.25) is 5.15 Å². The molecule has 2 aromatic rings. The molecule has 0 saturated carbocycles. The van der Waals surface area contributed by atoms with Crippen LogP contribution in [0, 0.1) is 9.39 Å². The molecule has 0 unspecified atom stereocenters. The van der Waals surface area contributed by atoms with Crippen molar-refractivity contribution in [2.75, 3.05) is 0 Å². The van der Waals surface area contributed by atoms with E-state index in [-0.39, 0.29) is 5.82 Å². The molecule has 100 valence electrons. The van der Waals surface area contributed by atoms with Crippen LogP contribution in [-0.2, 0) is 6.42 Å². The second-order valence-corrected chi connectivity index (χ2v) is 6.26. The van der Waals surface area contributed by atoms with Crippen molar-refractivity contribution in [3.8, 4) is 11.4 Å². The lowest BCUT2D eigenvalue weighted by Gasteiger charge is -2.09. The minimum atomic E-state index is -0.325. The fraction of sp³-hybridized carbons (Fsp3) is 0.231. The van der Waals surface area contributed by atoms with Gasteiger partial charge in [0.15, 0.2) is 5.82 Å². The molecule has 0 N–H and O–H groups in total. The number of nitrogens with zero attached hydrogens (tertiary/aromatic N) is 2. The van der Waals surface area contributed by atoms with E-state index >= 15 is 0 Å². The van der Waals surface area contributed by atoms with E-state index in [2.05, 4.69) is 55.4 Å². The molecule has 2 rings (SSSR count). The second kappa shape index (κ2) is 6.45. The van der Waals surface area contributed by atoms with Crippen molar-refractivity contribution in [2.24, 2.45) is 0 Å². The molecule has 1 aromatic carbocycles. The van der Waals surface area contributed by atoms with Crippen molar-refractivity contribution in [1.82, 2.24) is 9.97 Å². The highest BCUT2D eigenvalue weighted by atomic mass is 127. The maximum absolute atomic E-state index is 13.4. The van der Waals surface area contributed by atoms with Crippen LogP contribution in [0.1, 0.15) is 19.0 Å². The van der Waals surface area contributed by atoms with E-state index in [0.717, 1.165) is 26.6 Å². The lowest BCUT2D eigenvalue weighted by molar-refractivity contribution is 0.628. The van der Waals surface area contributed by atoms with Crippen LogP contribution in [0.15, 0.2) is 22.7 Å². The maximum atomic E-state index is 13.4. The predicted molar refractivity (Wildman–Crippen MR) is 86.8 cm³/mol. The molecule has 19 heavy (non-hydrogen) atoms. The summed E-state index contributed by atoms with van der Waals surface area (Å²) in [6.45, 7) is 2.07. The summed E-state index contributed by atoms with van der Waals surface area (Å²) >= 11 is 11.6. The van der Waals surface area contributed by atoms with Gasteiger partial charge in [0.1, 0.15) is 11.0 Å². The zero-order valence-corrected chi connectivity index (χ0v) is 14.6. The zero-order valence-electron chi connectivity index (χ0n) is 10.1. The molecule has 0 aliphatic heterocycles. The summed E-state index contributed by atoms with van der Waals surface area (Å²) in [5.74, 6) is 0.119. The number of hydrogen-bond acceptors (Lipinski definition) is 2. The molecule has 0 spiro atoms. The first kappa shape index (κ1) is 15.1. The highest BCUT2D eigenvalue weighted by molar-refractivity contribution is 14.1. The van der Waals surface area contributed by atoms with Crippen LogP contribution in [0.3, 0.4) is 0 Å². The van der Waals surface area contributed by atoms with E-state index in [4.69, 9.17) is 11.6 Å². The smallest absolute Gasteiger partial charge is 0.162 e. The average molecular weight is 455 g/mol. The van der Waals surface area contributed by atoms with Gasteiger partial charge in [0.2, 0.25) is 0 Å². The number of aryl methyl sites for hydroxylation is 1. The van der Waals surface area contributed by atoms with Crippen molar-refractivity contribution in [3.63, 3.8) is 0 Å². The van der Waals surface area contributed by atoms with E-state index in [1.807, 2.05) is 0 Å². The molecule has 0 fully saturated rings. The van der Waals surface area contributed by atoms with Gasteiger partial charge >= 0.3 is 0 Å². The number of rotatable bonds is 3. The molecule has 0 aliphatic rings. The summed E-state index contributed by atoms with van der Waals surface area (Å²) < 4.78 is 15.0. The first-order chi connectivity index (χ1) is 9.02. The lowest BCUT2D eigenvalue weighted by Crippen LogP contribution is -2.01. The van der Waals surface area contributed by atoms with Gasteiger partial charge in [-0.15, -0.1) is 0 Å². The Labute approximate surface area is 138 Å². The first-order valence-corrected chi connectivity index (χ1v) is 7.95.